The third-order valence-electron chi connectivity index (χ3n) is 3.48. The summed E-state index contributed by atoms with van der Waals surface area (Å²) in [6, 6.07) is 1.63. The molecule has 1 saturated carbocycles. The fraction of sp³-hybridized carbons (Fsp3) is 0.462. The van der Waals surface area contributed by atoms with Crippen LogP contribution in [-0.4, -0.2) is 22.2 Å². The fourth-order valence-electron chi connectivity index (χ4n) is 2.13. The molecule has 2 aromatic heterocycles. The molecule has 0 aromatic carbocycles. The van der Waals surface area contributed by atoms with Gasteiger partial charge in [0, 0.05) is 19.2 Å². The molecule has 6 heteroatoms. The SMILES string of the molecule is CN(Cc1noc(C2CCC2)n1)c1ccncc1F. The monoisotopic (exact) mass is 262 g/mol. The van der Waals surface area contributed by atoms with Crippen LogP contribution in [-0.2, 0) is 6.54 Å². The Balaban J connectivity index is 1.70. The van der Waals surface area contributed by atoms with Crippen LogP contribution >= 0.6 is 0 Å². The number of pyridine rings is 1. The molecule has 0 spiro atoms. The molecule has 1 aliphatic carbocycles. The average Bonchev–Trinajstić information content (AvgIpc) is 2.75. The smallest absolute Gasteiger partial charge is 0.229 e. The Bertz CT molecular complexity index is 567. The van der Waals surface area contributed by atoms with Gasteiger partial charge in [-0.2, -0.15) is 4.98 Å². The van der Waals surface area contributed by atoms with Gasteiger partial charge in [-0.05, 0) is 18.9 Å². The van der Waals surface area contributed by atoms with Crippen molar-refractivity contribution in [2.45, 2.75) is 31.7 Å². The molecule has 2 heterocycles. The summed E-state index contributed by atoms with van der Waals surface area (Å²) in [4.78, 5) is 9.84. The van der Waals surface area contributed by atoms with Gasteiger partial charge >= 0.3 is 0 Å². The lowest BCUT2D eigenvalue weighted by atomic mass is 9.85. The highest BCUT2D eigenvalue weighted by Gasteiger charge is 2.25. The Labute approximate surface area is 110 Å². The van der Waals surface area contributed by atoms with Crippen molar-refractivity contribution in [3.05, 3.63) is 36.0 Å². The topological polar surface area (TPSA) is 55.1 Å². The lowest BCUT2D eigenvalue weighted by Crippen LogP contribution is -2.19. The summed E-state index contributed by atoms with van der Waals surface area (Å²) in [6.45, 7) is 0.414. The number of hydrogen-bond acceptors (Lipinski definition) is 5. The van der Waals surface area contributed by atoms with Crippen molar-refractivity contribution in [1.82, 2.24) is 15.1 Å². The van der Waals surface area contributed by atoms with E-state index in [1.54, 1.807) is 24.2 Å². The van der Waals surface area contributed by atoms with Crippen molar-refractivity contribution < 1.29 is 8.91 Å². The van der Waals surface area contributed by atoms with Crippen LogP contribution in [0.15, 0.2) is 23.0 Å². The first kappa shape index (κ1) is 12.1. The molecule has 1 aliphatic rings. The van der Waals surface area contributed by atoms with Crippen LogP contribution in [0.1, 0.15) is 36.9 Å². The highest BCUT2D eigenvalue weighted by Crippen LogP contribution is 2.35. The van der Waals surface area contributed by atoms with E-state index in [1.165, 1.54) is 12.6 Å². The maximum absolute atomic E-state index is 13.6. The van der Waals surface area contributed by atoms with Crippen molar-refractivity contribution >= 4 is 5.69 Å². The van der Waals surface area contributed by atoms with E-state index < -0.39 is 0 Å². The van der Waals surface area contributed by atoms with Gasteiger partial charge < -0.3 is 9.42 Å². The van der Waals surface area contributed by atoms with E-state index >= 15 is 0 Å². The third-order valence-corrected chi connectivity index (χ3v) is 3.48. The number of nitrogens with zero attached hydrogens (tertiary/aromatic N) is 4. The van der Waals surface area contributed by atoms with Gasteiger partial charge in [0.05, 0.1) is 18.4 Å². The quantitative estimate of drug-likeness (QED) is 0.847. The van der Waals surface area contributed by atoms with Crippen LogP contribution in [0.3, 0.4) is 0 Å². The van der Waals surface area contributed by atoms with Crippen LogP contribution in [0, 0.1) is 5.82 Å². The molecule has 0 saturated heterocycles. The predicted molar refractivity (Wildman–Crippen MR) is 67.2 cm³/mol. The molecule has 0 amide bonds. The second kappa shape index (κ2) is 4.95. The lowest BCUT2D eigenvalue weighted by molar-refractivity contribution is 0.291. The second-order valence-corrected chi connectivity index (χ2v) is 4.86. The maximum Gasteiger partial charge on any atom is 0.229 e. The molecule has 3 rings (SSSR count). The Morgan fingerprint density at radius 2 is 2.32 bits per heavy atom. The summed E-state index contributed by atoms with van der Waals surface area (Å²) < 4.78 is 18.8. The van der Waals surface area contributed by atoms with Gasteiger partial charge in [0.1, 0.15) is 0 Å². The zero-order valence-electron chi connectivity index (χ0n) is 10.7. The summed E-state index contributed by atoms with van der Waals surface area (Å²) in [6.07, 6.45) is 6.23. The van der Waals surface area contributed by atoms with Gasteiger partial charge in [0.2, 0.25) is 5.89 Å². The minimum atomic E-state index is -0.354. The zero-order valence-corrected chi connectivity index (χ0v) is 10.7. The Kier molecular flexibility index (Phi) is 3.15. The van der Waals surface area contributed by atoms with Crippen molar-refractivity contribution in [2.75, 3.05) is 11.9 Å². The Hall–Kier alpha value is -1.98. The van der Waals surface area contributed by atoms with Gasteiger partial charge in [-0.3, -0.25) is 4.98 Å². The molecule has 5 nitrogen and oxygen atoms in total. The van der Waals surface area contributed by atoms with E-state index in [9.17, 15) is 4.39 Å². The summed E-state index contributed by atoms with van der Waals surface area (Å²) in [5.41, 5.74) is 0.477. The first-order valence-electron chi connectivity index (χ1n) is 6.37. The molecular formula is C13H15FN4O. The molecule has 0 N–H and O–H groups in total. The minimum absolute atomic E-state index is 0.354. The third kappa shape index (κ3) is 2.43. The second-order valence-electron chi connectivity index (χ2n) is 4.86. The van der Waals surface area contributed by atoms with Crippen molar-refractivity contribution in [2.24, 2.45) is 0 Å². The largest absolute Gasteiger partial charge is 0.364 e. The molecule has 0 bridgehead atoms. The van der Waals surface area contributed by atoms with E-state index in [1.807, 2.05) is 0 Å². The zero-order chi connectivity index (χ0) is 13.2. The molecule has 1 fully saturated rings. The van der Waals surface area contributed by atoms with E-state index in [4.69, 9.17) is 4.52 Å². The molecule has 19 heavy (non-hydrogen) atoms. The highest BCUT2D eigenvalue weighted by molar-refractivity contribution is 5.45. The predicted octanol–water partition coefficient (Wildman–Crippen LogP) is 2.51. The molecule has 100 valence electrons. The van der Waals surface area contributed by atoms with Gasteiger partial charge in [0.15, 0.2) is 11.6 Å². The Morgan fingerprint density at radius 1 is 1.47 bits per heavy atom. The van der Waals surface area contributed by atoms with Crippen LogP contribution in [0.5, 0.6) is 0 Å². The molecular weight excluding hydrogens is 247 g/mol. The number of hydrogen-bond donors (Lipinski definition) is 0. The average molecular weight is 262 g/mol. The summed E-state index contributed by atoms with van der Waals surface area (Å²) in [5.74, 6) is 1.36. The van der Waals surface area contributed by atoms with Crippen molar-refractivity contribution in [3.8, 4) is 0 Å². The summed E-state index contributed by atoms with van der Waals surface area (Å²) >= 11 is 0. The number of rotatable bonds is 4. The van der Waals surface area contributed by atoms with E-state index in [2.05, 4.69) is 15.1 Å². The van der Waals surface area contributed by atoms with E-state index in [0.717, 1.165) is 12.8 Å². The molecule has 0 unspecified atom stereocenters. The Morgan fingerprint density at radius 3 is 3.00 bits per heavy atom. The van der Waals surface area contributed by atoms with Crippen molar-refractivity contribution in [3.63, 3.8) is 0 Å². The summed E-state index contributed by atoms with van der Waals surface area (Å²) in [7, 11) is 1.79. The van der Waals surface area contributed by atoms with E-state index in [-0.39, 0.29) is 5.82 Å². The minimum Gasteiger partial charge on any atom is -0.364 e. The van der Waals surface area contributed by atoms with Crippen LogP contribution in [0.4, 0.5) is 10.1 Å². The molecule has 0 aliphatic heterocycles. The van der Waals surface area contributed by atoms with Crippen LogP contribution < -0.4 is 4.90 Å². The number of aromatic nitrogens is 3. The first-order chi connectivity index (χ1) is 9.24. The number of anilines is 1. The normalized spacial score (nSPS) is 15.3. The van der Waals surface area contributed by atoms with Gasteiger partial charge in [-0.15, -0.1) is 0 Å². The van der Waals surface area contributed by atoms with Gasteiger partial charge in [-0.25, -0.2) is 4.39 Å². The molecule has 0 atom stereocenters. The summed E-state index contributed by atoms with van der Waals surface area (Å²) in [5, 5.41) is 3.95. The fourth-order valence-corrected chi connectivity index (χ4v) is 2.13. The standard InChI is InChI=1S/C13H15FN4O/c1-18(11-5-6-15-7-10(11)14)8-12-16-13(19-17-12)9-3-2-4-9/h5-7,9H,2-4,8H2,1H3. The number of halogens is 1. The maximum atomic E-state index is 13.6. The van der Waals surface area contributed by atoms with Gasteiger partial charge in [0.25, 0.3) is 0 Å². The van der Waals surface area contributed by atoms with Crippen LogP contribution in [0.2, 0.25) is 0 Å². The van der Waals surface area contributed by atoms with E-state index in [0.29, 0.717) is 29.9 Å². The molecule has 0 radical (unpaired) electrons. The van der Waals surface area contributed by atoms with Crippen molar-refractivity contribution in [1.29, 1.82) is 0 Å². The van der Waals surface area contributed by atoms with Gasteiger partial charge in [-0.1, -0.05) is 11.6 Å². The van der Waals surface area contributed by atoms with Crippen LogP contribution in [0.25, 0.3) is 0 Å². The first-order valence-corrected chi connectivity index (χ1v) is 6.37. The lowest BCUT2D eigenvalue weighted by Gasteiger charge is -2.20. The molecule has 2 aromatic rings. The highest BCUT2D eigenvalue weighted by atomic mass is 19.1.